The highest BCUT2D eigenvalue weighted by Gasteiger charge is 2.25. The van der Waals surface area contributed by atoms with E-state index in [0.717, 1.165) is 5.52 Å². The molecule has 1 atom stereocenters. The number of para-hydroxylation sites is 1. The van der Waals surface area contributed by atoms with Crippen LogP contribution in [-0.4, -0.2) is 42.1 Å². The molecule has 1 aromatic heterocycles. The molecule has 0 radical (unpaired) electrons. The molecule has 0 saturated carbocycles. The molecule has 26 heavy (non-hydrogen) atoms. The first kappa shape index (κ1) is 16.9. The van der Waals surface area contributed by atoms with Crippen LogP contribution >= 0.6 is 0 Å². The predicted molar refractivity (Wildman–Crippen MR) is 103 cm³/mol. The second-order valence-electron chi connectivity index (χ2n) is 6.95. The van der Waals surface area contributed by atoms with Crippen molar-refractivity contribution in [1.29, 1.82) is 0 Å². The van der Waals surface area contributed by atoms with Crippen molar-refractivity contribution < 1.29 is 9.53 Å². The zero-order valence-corrected chi connectivity index (χ0v) is 15.1. The van der Waals surface area contributed by atoms with Crippen molar-refractivity contribution in [2.24, 2.45) is 0 Å². The second-order valence-corrected chi connectivity index (χ2v) is 6.95. The minimum atomic E-state index is 0.0430. The lowest BCUT2D eigenvalue weighted by atomic mass is 9.87. The van der Waals surface area contributed by atoms with Crippen LogP contribution in [-0.2, 0) is 9.53 Å². The van der Waals surface area contributed by atoms with E-state index in [2.05, 4.69) is 60.6 Å². The van der Waals surface area contributed by atoms with E-state index >= 15 is 0 Å². The summed E-state index contributed by atoms with van der Waals surface area (Å²) in [6.07, 6.45) is 2.54. The van der Waals surface area contributed by atoms with E-state index in [4.69, 9.17) is 4.74 Å². The number of aromatic amines is 1. The van der Waals surface area contributed by atoms with Crippen LogP contribution < -0.4 is 0 Å². The first-order chi connectivity index (χ1) is 12.7. The highest BCUT2D eigenvalue weighted by atomic mass is 16.5. The number of H-pyrrole nitrogens is 1. The molecule has 4 heteroatoms. The normalized spacial score (nSPS) is 16.0. The van der Waals surface area contributed by atoms with Crippen molar-refractivity contribution in [3.05, 3.63) is 71.4 Å². The summed E-state index contributed by atoms with van der Waals surface area (Å²) >= 11 is 0. The minimum absolute atomic E-state index is 0.0430. The van der Waals surface area contributed by atoms with Crippen molar-refractivity contribution in [3.8, 4) is 0 Å². The van der Waals surface area contributed by atoms with Gasteiger partial charge in [0.15, 0.2) is 0 Å². The van der Waals surface area contributed by atoms with Crippen LogP contribution in [0.15, 0.2) is 54.7 Å². The second kappa shape index (κ2) is 7.34. The molecule has 2 heterocycles. The number of nitrogens with zero attached hydrogens (tertiary/aromatic N) is 1. The number of carbonyl (C=O) groups excluding carboxylic acids is 1. The fraction of sp³-hybridized carbons (Fsp3) is 0.318. The Hall–Kier alpha value is -2.59. The molecule has 0 aliphatic carbocycles. The minimum Gasteiger partial charge on any atom is -0.378 e. The Kier molecular flexibility index (Phi) is 4.76. The number of hydrogen-bond donors (Lipinski definition) is 1. The van der Waals surface area contributed by atoms with E-state index in [0.29, 0.717) is 32.7 Å². The number of aromatic nitrogens is 1. The maximum absolute atomic E-state index is 13.0. The monoisotopic (exact) mass is 348 g/mol. The SMILES string of the molecule is Cc1cccc(C(CC(=O)N2CCOCC2)c2c[nH]c3ccccc23)c1. The van der Waals surface area contributed by atoms with Gasteiger partial charge in [0.05, 0.1) is 13.2 Å². The zero-order chi connectivity index (χ0) is 17.9. The molecule has 1 aliphatic rings. The highest BCUT2D eigenvalue weighted by molar-refractivity contribution is 5.86. The smallest absolute Gasteiger partial charge is 0.223 e. The molecular weight excluding hydrogens is 324 g/mol. The van der Waals surface area contributed by atoms with Crippen molar-refractivity contribution in [2.75, 3.05) is 26.3 Å². The molecule has 2 aromatic carbocycles. The van der Waals surface area contributed by atoms with E-state index in [1.165, 1.54) is 22.1 Å². The maximum Gasteiger partial charge on any atom is 0.223 e. The molecule has 1 fully saturated rings. The lowest BCUT2D eigenvalue weighted by Gasteiger charge is -2.28. The van der Waals surface area contributed by atoms with Crippen molar-refractivity contribution in [1.82, 2.24) is 9.88 Å². The Morgan fingerprint density at radius 1 is 1.15 bits per heavy atom. The van der Waals surface area contributed by atoms with E-state index in [9.17, 15) is 4.79 Å². The molecule has 0 bridgehead atoms. The Morgan fingerprint density at radius 2 is 1.96 bits per heavy atom. The number of nitrogens with one attached hydrogen (secondary N) is 1. The van der Waals surface area contributed by atoms with Gasteiger partial charge in [0.2, 0.25) is 5.91 Å². The van der Waals surface area contributed by atoms with Gasteiger partial charge in [0.25, 0.3) is 0 Å². The summed E-state index contributed by atoms with van der Waals surface area (Å²) < 4.78 is 5.39. The quantitative estimate of drug-likeness (QED) is 0.778. The van der Waals surface area contributed by atoms with Gasteiger partial charge >= 0.3 is 0 Å². The third-order valence-corrected chi connectivity index (χ3v) is 5.18. The molecule has 3 aromatic rings. The molecule has 4 rings (SSSR count). The third kappa shape index (κ3) is 3.37. The first-order valence-corrected chi connectivity index (χ1v) is 9.20. The van der Waals surface area contributed by atoms with Crippen molar-refractivity contribution in [3.63, 3.8) is 0 Å². The maximum atomic E-state index is 13.0. The fourth-order valence-corrected chi connectivity index (χ4v) is 3.79. The van der Waals surface area contributed by atoms with Crippen LogP contribution in [0, 0.1) is 6.92 Å². The number of carbonyl (C=O) groups is 1. The fourth-order valence-electron chi connectivity index (χ4n) is 3.79. The standard InChI is InChI=1S/C22H24N2O2/c1-16-5-4-6-17(13-16)19(14-22(25)24-9-11-26-12-10-24)20-15-23-21-8-3-2-7-18(20)21/h2-8,13,15,19,23H,9-12,14H2,1H3. The van der Waals surface area contributed by atoms with Gasteiger partial charge < -0.3 is 14.6 Å². The Bertz CT molecular complexity index is 909. The number of fused-ring (bicyclic) bond motifs is 1. The van der Waals surface area contributed by atoms with Crippen LogP contribution in [0.3, 0.4) is 0 Å². The van der Waals surface area contributed by atoms with E-state index in [1.54, 1.807) is 0 Å². The predicted octanol–water partition coefficient (Wildman–Crippen LogP) is 3.86. The Labute approximate surface area is 153 Å². The van der Waals surface area contributed by atoms with Crippen LogP contribution in [0.2, 0.25) is 0 Å². The number of aryl methyl sites for hydroxylation is 1. The molecule has 1 saturated heterocycles. The van der Waals surface area contributed by atoms with Gasteiger partial charge in [0, 0.05) is 42.5 Å². The zero-order valence-electron chi connectivity index (χ0n) is 15.1. The van der Waals surface area contributed by atoms with E-state index in [1.807, 2.05) is 11.0 Å². The summed E-state index contributed by atoms with van der Waals surface area (Å²) in [5, 5.41) is 1.19. The van der Waals surface area contributed by atoms with Crippen LogP contribution in [0.5, 0.6) is 0 Å². The number of benzene rings is 2. The Balaban J connectivity index is 1.71. The summed E-state index contributed by atoms with van der Waals surface area (Å²) in [5.41, 5.74) is 4.70. The van der Waals surface area contributed by atoms with E-state index in [-0.39, 0.29) is 11.8 Å². The number of ether oxygens (including phenoxy) is 1. The van der Waals surface area contributed by atoms with Gasteiger partial charge in [-0.05, 0) is 24.1 Å². The number of morpholine rings is 1. The van der Waals surface area contributed by atoms with Crippen molar-refractivity contribution in [2.45, 2.75) is 19.3 Å². The molecule has 1 aliphatic heterocycles. The molecule has 1 unspecified atom stereocenters. The Morgan fingerprint density at radius 3 is 2.77 bits per heavy atom. The summed E-state index contributed by atoms with van der Waals surface area (Å²) in [5.74, 6) is 0.242. The largest absolute Gasteiger partial charge is 0.378 e. The summed E-state index contributed by atoms with van der Waals surface area (Å²) in [6.45, 7) is 4.74. The topological polar surface area (TPSA) is 45.3 Å². The number of amides is 1. The van der Waals surface area contributed by atoms with Crippen LogP contribution in [0.4, 0.5) is 0 Å². The molecule has 1 N–H and O–H groups in total. The third-order valence-electron chi connectivity index (χ3n) is 5.18. The van der Waals surface area contributed by atoms with E-state index < -0.39 is 0 Å². The van der Waals surface area contributed by atoms with Gasteiger partial charge in [-0.1, -0.05) is 48.0 Å². The molecule has 134 valence electrons. The summed E-state index contributed by atoms with van der Waals surface area (Å²) in [4.78, 5) is 18.3. The van der Waals surface area contributed by atoms with Gasteiger partial charge in [-0.2, -0.15) is 0 Å². The number of hydrogen-bond acceptors (Lipinski definition) is 2. The van der Waals surface area contributed by atoms with Gasteiger partial charge in [-0.25, -0.2) is 0 Å². The molecule has 0 spiro atoms. The van der Waals surface area contributed by atoms with Crippen LogP contribution in [0.25, 0.3) is 10.9 Å². The van der Waals surface area contributed by atoms with Gasteiger partial charge in [-0.15, -0.1) is 0 Å². The highest BCUT2D eigenvalue weighted by Crippen LogP contribution is 2.34. The van der Waals surface area contributed by atoms with Crippen LogP contribution in [0.1, 0.15) is 29.0 Å². The molecular formula is C22H24N2O2. The average Bonchev–Trinajstić information content (AvgIpc) is 3.10. The summed E-state index contributed by atoms with van der Waals surface area (Å²) in [6, 6.07) is 16.8. The number of rotatable bonds is 4. The van der Waals surface area contributed by atoms with Crippen molar-refractivity contribution >= 4 is 16.8 Å². The lowest BCUT2D eigenvalue weighted by molar-refractivity contribution is -0.135. The van der Waals surface area contributed by atoms with Gasteiger partial charge in [0.1, 0.15) is 0 Å². The molecule has 4 nitrogen and oxygen atoms in total. The summed E-state index contributed by atoms with van der Waals surface area (Å²) in [7, 11) is 0. The van der Waals surface area contributed by atoms with Gasteiger partial charge in [-0.3, -0.25) is 4.79 Å². The lowest BCUT2D eigenvalue weighted by Crippen LogP contribution is -2.41. The average molecular weight is 348 g/mol. The first-order valence-electron chi connectivity index (χ1n) is 9.20. The molecule has 1 amide bonds.